The Morgan fingerprint density at radius 3 is 2.50 bits per heavy atom. The fourth-order valence-electron chi connectivity index (χ4n) is 5.11. The van der Waals surface area contributed by atoms with Gasteiger partial charge in [0.2, 0.25) is 5.88 Å². The molecule has 0 saturated carbocycles. The van der Waals surface area contributed by atoms with Crippen molar-refractivity contribution >= 4 is 17.4 Å². The van der Waals surface area contributed by atoms with Crippen molar-refractivity contribution in [3.63, 3.8) is 0 Å². The third kappa shape index (κ3) is 4.38. The molecule has 0 aliphatic carbocycles. The molecule has 3 aromatic rings. The highest BCUT2D eigenvalue weighted by atomic mass is 16.5. The topological polar surface area (TPSA) is 72.9 Å². The van der Waals surface area contributed by atoms with Crippen molar-refractivity contribution in [2.24, 2.45) is 0 Å². The molecule has 0 saturated heterocycles. The van der Waals surface area contributed by atoms with Gasteiger partial charge in [0.1, 0.15) is 17.1 Å². The first-order valence-corrected chi connectivity index (χ1v) is 12.6. The lowest BCUT2D eigenvalue weighted by Gasteiger charge is -2.34. The average molecular weight is 512 g/mol. The van der Waals surface area contributed by atoms with E-state index in [2.05, 4.69) is 68.0 Å². The van der Waals surface area contributed by atoms with E-state index in [0.29, 0.717) is 11.5 Å². The van der Waals surface area contributed by atoms with Gasteiger partial charge in [-0.05, 0) is 82.2 Å². The Labute approximate surface area is 223 Å². The van der Waals surface area contributed by atoms with E-state index < -0.39 is 5.97 Å². The molecule has 0 unspecified atom stereocenters. The molecular weight excluding hydrogens is 478 g/mol. The van der Waals surface area contributed by atoms with Gasteiger partial charge >= 0.3 is 5.97 Å². The first-order valence-electron chi connectivity index (χ1n) is 12.6. The first kappa shape index (κ1) is 25.4. The minimum atomic E-state index is -0.548. The van der Waals surface area contributed by atoms with Gasteiger partial charge in [-0.15, -0.1) is 0 Å². The Hall–Kier alpha value is -4.26. The molecule has 3 heterocycles. The standard InChI is InChI=1S/C31H33N3O4/c1-18(2)19(3)34-17-24-21(12-13-25-28(24)26(34)16-31(4,5)33-25)22-11-10-20(15-27(22)36-6)38-30(35)23-9-8-14-32-29(23)37-7/h8-16,33H,17H2,1-7H3. The van der Waals surface area contributed by atoms with Gasteiger partial charge in [0.05, 0.1) is 19.8 Å². The normalized spacial score (nSPS) is 14.7. The molecule has 2 aromatic carbocycles. The number of nitrogens with zero attached hydrogens (tertiary/aromatic N) is 2. The maximum atomic E-state index is 12.8. The molecule has 1 N–H and O–H groups in total. The number of nitrogens with one attached hydrogen (secondary N) is 1. The van der Waals surface area contributed by atoms with E-state index in [-0.39, 0.29) is 17.0 Å². The number of hydrogen-bond donors (Lipinski definition) is 1. The van der Waals surface area contributed by atoms with Crippen LogP contribution in [-0.4, -0.2) is 35.6 Å². The van der Waals surface area contributed by atoms with Gasteiger partial charge in [-0.1, -0.05) is 11.6 Å². The quantitative estimate of drug-likeness (QED) is 0.293. The van der Waals surface area contributed by atoms with Crippen LogP contribution in [-0.2, 0) is 6.54 Å². The maximum Gasteiger partial charge on any atom is 0.349 e. The zero-order valence-electron chi connectivity index (χ0n) is 22.9. The fourth-order valence-corrected chi connectivity index (χ4v) is 5.11. The van der Waals surface area contributed by atoms with E-state index in [1.165, 1.54) is 35.2 Å². The molecule has 1 aromatic heterocycles. The van der Waals surface area contributed by atoms with Crippen LogP contribution in [0.2, 0.25) is 0 Å². The second kappa shape index (κ2) is 9.56. The van der Waals surface area contributed by atoms with Gasteiger partial charge in [0, 0.05) is 47.0 Å². The summed E-state index contributed by atoms with van der Waals surface area (Å²) in [5.41, 5.74) is 9.48. The molecule has 2 aliphatic rings. The van der Waals surface area contributed by atoms with Gasteiger partial charge in [0.15, 0.2) is 0 Å². The lowest BCUT2D eigenvalue weighted by atomic mass is 9.89. The molecule has 38 heavy (non-hydrogen) atoms. The Kier molecular flexibility index (Phi) is 6.39. The molecule has 0 amide bonds. The number of allylic oxidation sites excluding steroid dienone is 2. The van der Waals surface area contributed by atoms with Crippen LogP contribution in [0.25, 0.3) is 16.8 Å². The highest BCUT2D eigenvalue weighted by Gasteiger charge is 2.36. The van der Waals surface area contributed by atoms with E-state index in [4.69, 9.17) is 14.2 Å². The molecule has 196 valence electrons. The smallest absolute Gasteiger partial charge is 0.349 e. The minimum Gasteiger partial charge on any atom is -0.496 e. The zero-order valence-corrected chi connectivity index (χ0v) is 22.9. The van der Waals surface area contributed by atoms with Gasteiger partial charge < -0.3 is 24.4 Å². The van der Waals surface area contributed by atoms with Gasteiger partial charge in [-0.3, -0.25) is 0 Å². The number of carbonyl (C=O) groups excluding carboxylic acids is 1. The Morgan fingerprint density at radius 2 is 1.79 bits per heavy atom. The summed E-state index contributed by atoms with van der Waals surface area (Å²) in [5.74, 6) is 0.669. The van der Waals surface area contributed by atoms with Crippen LogP contribution < -0.4 is 19.5 Å². The number of pyridine rings is 1. The molecule has 0 atom stereocenters. The highest BCUT2D eigenvalue weighted by molar-refractivity contribution is 5.94. The number of aromatic nitrogens is 1. The molecule has 7 heteroatoms. The van der Waals surface area contributed by atoms with Crippen LogP contribution in [0.1, 0.15) is 56.1 Å². The van der Waals surface area contributed by atoms with Gasteiger partial charge in [-0.25, -0.2) is 9.78 Å². The number of rotatable bonds is 6. The molecule has 0 bridgehead atoms. The van der Waals surface area contributed by atoms with Crippen molar-refractivity contribution in [2.45, 2.75) is 46.7 Å². The minimum absolute atomic E-state index is 0.161. The van der Waals surface area contributed by atoms with Crippen LogP contribution in [0.5, 0.6) is 17.4 Å². The summed E-state index contributed by atoms with van der Waals surface area (Å²) in [6.07, 6.45) is 3.88. The Balaban J connectivity index is 1.55. The Bertz CT molecular complexity index is 1500. The fraction of sp³-hybridized carbons (Fsp3) is 0.290. The van der Waals surface area contributed by atoms with Gasteiger partial charge in [0.25, 0.3) is 0 Å². The van der Waals surface area contributed by atoms with Crippen LogP contribution in [0.4, 0.5) is 5.69 Å². The largest absolute Gasteiger partial charge is 0.496 e. The molecule has 0 radical (unpaired) electrons. The lowest BCUT2D eigenvalue weighted by molar-refractivity contribution is 0.0730. The summed E-state index contributed by atoms with van der Waals surface area (Å²) < 4.78 is 16.7. The van der Waals surface area contributed by atoms with Crippen LogP contribution in [0.3, 0.4) is 0 Å². The van der Waals surface area contributed by atoms with Crippen molar-refractivity contribution in [1.29, 1.82) is 0 Å². The van der Waals surface area contributed by atoms with Crippen molar-refractivity contribution < 1.29 is 19.0 Å². The Morgan fingerprint density at radius 1 is 1.03 bits per heavy atom. The summed E-state index contributed by atoms with van der Waals surface area (Å²) in [6, 6.07) is 13.1. The molecule has 0 spiro atoms. The molecule has 5 rings (SSSR count). The van der Waals surface area contributed by atoms with Crippen molar-refractivity contribution in [2.75, 3.05) is 19.5 Å². The maximum absolute atomic E-state index is 12.8. The van der Waals surface area contributed by atoms with E-state index in [9.17, 15) is 4.79 Å². The number of benzene rings is 2. The summed E-state index contributed by atoms with van der Waals surface area (Å²) in [7, 11) is 3.10. The van der Waals surface area contributed by atoms with Crippen LogP contribution in [0.15, 0.2) is 66.0 Å². The SMILES string of the molecule is COc1cc(OC(=O)c2cccnc2OC)ccc1-c1ccc2c3c1CN(C(C)=C(C)C)C3=CC(C)(C)N2. The number of carbonyl (C=O) groups is 1. The van der Waals surface area contributed by atoms with Gasteiger partial charge in [-0.2, -0.15) is 0 Å². The molecule has 7 nitrogen and oxygen atoms in total. The van der Waals surface area contributed by atoms with Crippen LogP contribution in [0, 0.1) is 0 Å². The summed E-state index contributed by atoms with van der Waals surface area (Å²) in [6.45, 7) is 11.6. The summed E-state index contributed by atoms with van der Waals surface area (Å²) in [4.78, 5) is 19.3. The predicted octanol–water partition coefficient (Wildman–Crippen LogP) is 6.66. The number of ether oxygens (including phenoxy) is 3. The predicted molar refractivity (Wildman–Crippen MR) is 149 cm³/mol. The molecule has 2 aliphatic heterocycles. The second-order valence-electron chi connectivity index (χ2n) is 10.4. The third-order valence-corrected chi connectivity index (χ3v) is 7.12. The third-order valence-electron chi connectivity index (χ3n) is 7.12. The van der Waals surface area contributed by atoms with Crippen molar-refractivity contribution in [3.8, 4) is 28.5 Å². The monoisotopic (exact) mass is 511 g/mol. The van der Waals surface area contributed by atoms with E-state index >= 15 is 0 Å². The number of methoxy groups -OCH3 is 2. The van der Waals surface area contributed by atoms with E-state index in [1.807, 2.05) is 6.07 Å². The van der Waals surface area contributed by atoms with Crippen molar-refractivity contribution in [1.82, 2.24) is 9.88 Å². The van der Waals surface area contributed by atoms with E-state index in [0.717, 1.165) is 23.4 Å². The van der Waals surface area contributed by atoms with Crippen molar-refractivity contribution in [3.05, 3.63) is 82.7 Å². The zero-order chi connectivity index (χ0) is 27.2. The number of hydrogen-bond acceptors (Lipinski definition) is 7. The second-order valence-corrected chi connectivity index (χ2v) is 10.4. The number of anilines is 1. The lowest BCUT2D eigenvalue weighted by Crippen LogP contribution is -2.33. The first-order chi connectivity index (χ1) is 18.1. The summed E-state index contributed by atoms with van der Waals surface area (Å²) >= 11 is 0. The molecule has 0 fully saturated rings. The van der Waals surface area contributed by atoms with Crippen LogP contribution >= 0.6 is 0 Å². The van der Waals surface area contributed by atoms with E-state index in [1.54, 1.807) is 37.6 Å². The average Bonchev–Trinajstić information content (AvgIpc) is 3.27. The summed E-state index contributed by atoms with van der Waals surface area (Å²) in [5, 5.41) is 3.68. The number of esters is 1. The molecular formula is C31H33N3O4. The highest BCUT2D eigenvalue weighted by Crippen LogP contribution is 2.49.